The van der Waals surface area contributed by atoms with E-state index in [2.05, 4.69) is 33.9 Å². The molecular formula is C19H27BrN2O3. The van der Waals surface area contributed by atoms with E-state index in [1.807, 2.05) is 26.8 Å². The largest absolute Gasteiger partial charge is 0.490 e. The number of fused-ring (bicyclic) bond motifs is 1. The highest BCUT2D eigenvalue weighted by Crippen LogP contribution is 2.35. The third-order valence-electron chi connectivity index (χ3n) is 4.59. The second-order valence-electron chi connectivity index (χ2n) is 8.00. The summed E-state index contributed by atoms with van der Waals surface area (Å²) in [6.07, 6.45) is 2.10. The van der Waals surface area contributed by atoms with Gasteiger partial charge in [-0.05, 0) is 63.9 Å². The van der Waals surface area contributed by atoms with Gasteiger partial charge in [-0.2, -0.15) is 0 Å². The zero-order valence-electron chi connectivity index (χ0n) is 15.5. The lowest BCUT2D eigenvalue weighted by molar-refractivity contribution is 0.0241. The molecule has 0 aromatic heterocycles. The molecule has 0 saturated carbocycles. The number of rotatable bonds is 2. The fourth-order valence-corrected chi connectivity index (χ4v) is 3.86. The zero-order chi connectivity index (χ0) is 18.2. The Labute approximate surface area is 158 Å². The summed E-state index contributed by atoms with van der Waals surface area (Å²) in [5.74, 6) is 0.881. The van der Waals surface area contributed by atoms with Crippen LogP contribution >= 0.6 is 15.9 Å². The minimum absolute atomic E-state index is 0.268. The summed E-state index contributed by atoms with van der Waals surface area (Å²) in [6, 6.07) is 4.10. The molecule has 25 heavy (non-hydrogen) atoms. The molecule has 2 aliphatic rings. The van der Waals surface area contributed by atoms with Crippen molar-refractivity contribution in [2.24, 2.45) is 0 Å². The van der Waals surface area contributed by atoms with Gasteiger partial charge >= 0.3 is 6.09 Å². The smallest absolute Gasteiger partial charge is 0.410 e. The summed E-state index contributed by atoms with van der Waals surface area (Å²) < 4.78 is 12.7. The van der Waals surface area contributed by atoms with Crippen LogP contribution in [0.15, 0.2) is 16.6 Å². The number of nitrogens with zero attached hydrogens (tertiary/aromatic N) is 2. The lowest BCUT2D eigenvalue weighted by Crippen LogP contribution is -2.35. The standard InChI is InChI=1S/C19H27BrN2O3/c1-19(2,3)25-18(23)22-11-13-9-15(10-17(20)16(13)12-22)24-14-5-7-21(4)8-6-14/h9-10,14H,5-8,11-12H2,1-4H3. The lowest BCUT2D eigenvalue weighted by Gasteiger charge is -2.29. The second-order valence-corrected chi connectivity index (χ2v) is 8.85. The molecule has 6 heteroatoms. The van der Waals surface area contributed by atoms with E-state index in [1.165, 1.54) is 0 Å². The highest BCUT2D eigenvalue weighted by atomic mass is 79.9. The molecular weight excluding hydrogens is 384 g/mol. The molecule has 0 unspecified atom stereocenters. The SMILES string of the molecule is CN1CCC(Oc2cc(Br)c3c(c2)CN(C(=O)OC(C)(C)C)C3)CC1. The van der Waals surface area contributed by atoms with Crippen molar-refractivity contribution in [3.63, 3.8) is 0 Å². The van der Waals surface area contributed by atoms with Crippen LogP contribution in [0.2, 0.25) is 0 Å². The van der Waals surface area contributed by atoms with E-state index in [9.17, 15) is 4.79 Å². The van der Waals surface area contributed by atoms with E-state index in [1.54, 1.807) is 4.90 Å². The Balaban J connectivity index is 1.67. The molecule has 0 N–H and O–H groups in total. The van der Waals surface area contributed by atoms with Gasteiger partial charge in [0.25, 0.3) is 0 Å². The summed E-state index contributed by atoms with van der Waals surface area (Å²) in [6.45, 7) is 8.94. The first kappa shape index (κ1) is 18.5. The Morgan fingerprint density at radius 3 is 2.52 bits per heavy atom. The van der Waals surface area contributed by atoms with E-state index in [0.717, 1.165) is 47.3 Å². The molecule has 0 radical (unpaired) electrons. The number of carbonyl (C=O) groups is 1. The number of piperidine rings is 1. The van der Waals surface area contributed by atoms with Crippen LogP contribution in [0.1, 0.15) is 44.7 Å². The average Bonchev–Trinajstić information content (AvgIpc) is 2.93. The predicted octanol–water partition coefficient (Wildman–Crippen LogP) is 4.17. The van der Waals surface area contributed by atoms with E-state index < -0.39 is 5.60 Å². The molecule has 0 aliphatic carbocycles. The van der Waals surface area contributed by atoms with Crippen LogP contribution < -0.4 is 4.74 Å². The van der Waals surface area contributed by atoms with Crippen molar-refractivity contribution in [3.05, 3.63) is 27.7 Å². The van der Waals surface area contributed by atoms with Gasteiger partial charge < -0.3 is 14.4 Å². The number of hydrogen-bond acceptors (Lipinski definition) is 4. The summed E-state index contributed by atoms with van der Waals surface area (Å²) in [5, 5.41) is 0. The second kappa shape index (κ2) is 7.16. The van der Waals surface area contributed by atoms with Crippen LogP contribution in [0.5, 0.6) is 5.75 Å². The van der Waals surface area contributed by atoms with Crippen molar-refractivity contribution >= 4 is 22.0 Å². The molecule has 0 atom stereocenters. The minimum atomic E-state index is -0.481. The molecule has 1 fully saturated rings. The third-order valence-corrected chi connectivity index (χ3v) is 5.30. The minimum Gasteiger partial charge on any atom is -0.490 e. The number of carbonyl (C=O) groups excluding carboxylic acids is 1. The predicted molar refractivity (Wildman–Crippen MR) is 101 cm³/mol. The van der Waals surface area contributed by atoms with Gasteiger partial charge in [-0.25, -0.2) is 4.79 Å². The molecule has 1 saturated heterocycles. The van der Waals surface area contributed by atoms with Crippen molar-refractivity contribution in [1.82, 2.24) is 9.80 Å². The lowest BCUT2D eigenvalue weighted by atomic mass is 10.1. The summed E-state index contributed by atoms with van der Waals surface area (Å²) >= 11 is 3.64. The Morgan fingerprint density at radius 1 is 1.20 bits per heavy atom. The monoisotopic (exact) mass is 410 g/mol. The first-order chi connectivity index (χ1) is 11.7. The maximum absolute atomic E-state index is 12.3. The van der Waals surface area contributed by atoms with Crippen LogP contribution in [-0.2, 0) is 17.8 Å². The Hall–Kier alpha value is -1.27. The van der Waals surface area contributed by atoms with Gasteiger partial charge in [0, 0.05) is 24.1 Å². The number of amides is 1. The number of halogens is 1. The molecule has 1 aromatic rings. The fourth-order valence-electron chi connectivity index (χ4n) is 3.26. The highest BCUT2D eigenvalue weighted by Gasteiger charge is 2.30. The Kier molecular flexibility index (Phi) is 5.30. The molecule has 2 aliphatic heterocycles. The summed E-state index contributed by atoms with van der Waals surface area (Å²) in [5.41, 5.74) is 1.79. The first-order valence-corrected chi connectivity index (χ1v) is 9.65. The van der Waals surface area contributed by atoms with Crippen molar-refractivity contribution < 1.29 is 14.3 Å². The molecule has 138 valence electrons. The van der Waals surface area contributed by atoms with Gasteiger partial charge in [-0.3, -0.25) is 4.90 Å². The van der Waals surface area contributed by atoms with Gasteiger partial charge in [0.05, 0.1) is 6.54 Å². The molecule has 2 heterocycles. The first-order valence-electron chi connectivity index (χ1n) is 8.86. The normalized spacial score (nSPS) is 19.0. The van der Waals surface area contributed by atoms with Gasteiger partial charge in [0.15, 0.2) is 0 Å². The van der Waals surface area contributed by atoms with Crippen molar-refractivity contribution in [3.8, 4) is 5.75 Å². The number of hydrogen-bond donors (Lipinski definition) is 0. The van der Waals surface area contributed by atoms with Gasteiger partial charge in [0.2, 0.25) is 0 Å². The van der Waals surface area contributed by atoms with Gasteiger partial charge in [-0.1, -0.05) is 15.9 Å². The van der Waals surface area contributed by atoms with Crippen molar-refractivity contribution in [2.45, 2.75) is 58.4 Å². The third kappa shape index (κ3) is 4.67. The van der Waals surface area contributed by atoms with Crippen molar-refractivity contribution in [1.29, 1.82) is 0 Å². The topological polar surface area (TPSA) is 42.0 Å². The molecule has 0 bridgehead atoms. The zero-order valence-corrected chi connectivity index (χ0v) is 17.1. The molecule has 1 amide bonds. The maximum atomic E-state index is 12.3. The highest BCUT2D eigenvalue weighted by molar-refractivity contribution is 9.10. The summed E-state index contributed by atoms with van der Waals surface area (Å²) in [7, 11) is 2.15. The van der Waals surface area contributed by atoms with E-state index in [4.69, 9.17) is 9.47 Å². The van der Waals surface area contributed by atoms with Crippen LogP contribution in [-0.4, -0.2) is 47.7 Å². The molecule has 5 nitrogen and oxygen atoms in total. The molecule has 3 rings (SSSR count). The van der Waals surface area contributed by atoms with E-state index in [-0.39, 0.29) is 12.2 Å². The fraction of sp³-hybridized carbons (Fsp3) is 0.632. The van der Waals surface area contributed by atoms with Crippen molar-refractivity contribution in [2.75, 3.05) is 20.1 Å². The molecule has 0 spiro atoms. The van der Waals surface area contributed by atoms with Crippen LogP contribution in [0.4, 0.5) is 4.79 Å². The Bertz CT molecular complexity index is 649. The number of ether oxygens (including phenoxy) is 2. The summed E-state index contributed by atoms with van der Waals surface area (Å²) in [4.78, 5) is 16.4. The number of likely N-dealkylation sites (tertiary alicyclic amines) is 1. The van der Waals surface area contributed by atoms with Crippen LogP contribution in [0.3, 0.4) is 0 Å². The maximum Gasteiger partial charge on any atom is 0.410 e. The average molecular weight is 411 g/mol. The number of benzene rings is 1. The van der Waals surface area contributed by atoms with Crippen LogP contribution in [0, 0.1) is 0 Å². The van der Waals surface area contributed by atoms with Gasteiger partial charge in [-0.15, -0.1) is 0 Å². The molecule has 1 aromatic carbocycles. The Morgan fingerprint density at radius 2 is 1.88 bits per heavy atom. The van der Waals surface area contributed by atoms with Crippen LogP contribution in [0.25, 0.3) is 0 Å². The van der Waals surface area contributed by atoms with E-state index in [0.29, 0.717) is 13.1 Å². The van der Waals surface area contributed by atoms with E-state index >= 15 is 0 Å². The quantitative estimate of drug-likeness (QED) is 0.733. The van der Waals surface area contributed by atoms with Gasteiger partial charge in [0.1, 0.15) is 17.5 Å².